The standard InChI is InChI=1S/C19H26N4O2/c1-4-15-5-7-16(8-6-15)14(2)17(24)23-11-9-19(25,10-12-23)18-20-13-21-22(18)3/h5-8,13-14,25H,4,9-12H2,1-3H3. The lowest BCUT2D eigenvalue weighted by atomic mass is 9.89. The Bertz CT molecular complexity index is 730. The zero-order valence-corrected chi connectivity index (χ0v) is 15.1. The van der Waals surface area contributed by atoms with E-state index in [9.17, 15) is 9.90 Å². The fourth-order valence-corrected chi connectivity index (χ4v) is 3.50. The van der Waals surface area contributed by atoms with Crippen LogP contribution in [0.2, 0.25) is 0 Å². The highest BCUT2D eigenvalue weighted by molar-refractivity contribution is 5.83. The van der Waals surface area contributed by atoms with E-state index < -0.39 is 5.60 Å². The number of carbonyl (C=O) groups excluding carboxylic acids is 1. The average Bonchev–Trinajstić information content (AvgIpc) is 3.08. The second kappa shape index (κ2) is 6.96. The molecule has 6 heteroatoms. The molecular formula is C19H26N4O2. The van der Waals surface area contributed by atoms with Gasteiger partial charge in [-0.1, -0.05) is 31.2 Å². The SMILES string of the molecule is CCc1ccc(C(C)C(=O)N2CCC(O)(c3ncnn3C)CC2)cc1. The molecule has 1 atom stereocenters. The highest BCUT2D eigenvalue weighted by Crippen LogP contribution is 2.32. The van der Waals surface area contributed by atoms with Gasteiger partial charge in [0, 0.05) is 33.0 Å². The second-order valence-corrected chi connectivity index (χ2v) is 6.88. The highest BCUT2D eigenvalue weighted by Gasteiger charge is 2.39. The second-order valence-electron chi connectivity index (χ2n) is 6.88. The van der Waals surface area contributed by atoms with Crippen LogP contribution in [0.5, 0.6) is 0 Å². The van der Waals surface area contributed by atoms with Crippen LogP contribution in [0, 0.1) is 0 Å². The van der Waals surface area contributed by atoms with E-state index >= 15 is 0 Å². The van der Waals surface area contributed by atoms with Gasteiger partial charge in [-0.25, -0.2) is 4.98 Å². The first-order valence-electron chi connectivity index (χ1n) is 8.89. The minimum atomic E-state index is -1.01. The Morgan fingerprint density at radius 1 is 1.28 bits per heavy atom. The molecule has 1 saturated heterocycles. The van der Waals surface area contributed by atoms with Gasteiger partial charge in [-0.2, -0.15) is 5.10 Å². The largest absolute Gasteiger partial charge is 0.382 e. The van der Waals surface area contributed by atoms with Crippen molar-refractivity contribution in [3.63, 3.8) is 0 Å². The maximum Gasteiger partial charge on any atom is 0.229 e. The minimum Gasteiger partial charge on any atom is -0.382 e. The smallest absolute Gasteiger partial charge is 0.229 e. The number of nitrogens with zero attached hydrogens (tertiary/aromatic N) is 4. The number of carbonyl (C=O) groups is 1. The van der Waals surface area contributed by atoms with Gasteiger partial charge in [0.05, 0.1) is 5.92 Å². The highest BCUT2D eigenvalue weighted by atomic mass is 16.3. The molecule has 25 heavy (non-hydrogen) atoms. The van der Waals surface area contributed by atoms with Crippen molar-refractivity contribution in [2.75, 3.05) is 13.1 Å². The molecule has 134 valence electrons. The van der Waals surface area contributed by atoms with Gasteiger partial charge < -0.3 is 10.0 Å². The molecule has 1 aromatic carbocycles. The fourth-order valence-electron chi connectivity index (χ4n) is 3.50. The molecule has 2 heterocycles. The van der Waals surface area contributed by atoms with E-state index in [-0.39, 0.29) is 11.8 Å². The van der Waals surface area contributed by atoms with Gasteiger partial charge in [0.1, 0.15) is 11.9 Å². The summed E-state index contributed by atoms with van der Waals surface area (Å²) in [5, 5.41) is 14.9. The molecule has 0 saturated carbocycles. The van der Waals surface area contributed by atoms with Gasteiger partial charge in [-0.05, 0) is 24.5 Å². The molecule has 1 N–H and O–H groups in total. The fraction of sp³-hybridized carbons (Fsp3) is 0.526. The van der Waals surface area contributed by atoms with Gasteiger partial charge in [0.2, 0.25) is 5.91 Å². The molecule has 3 rings (SSSR count). The number of aryl methyl sites for hydroxylation is 2. The summed E-state index contributed by atoms with van der Waals surface area (Å²) in [6, 6.07) is 8.26. The van der Waals surface area contributed by atoms with Crippen molar-refractivity contribution in [2.24, 2.45) is 7.05 Å². The van der Waals surface area contributed by atoms with Crippen LogP contribution in [0.25, 0.3) is 0 Å². The summed E-state index contributed by atoms with van der Waals surface area (Å²) in [6.07, 6.45) is 3.40. The van der Waals surface area contributed by atoms with E-state index in [1.54, 1.807) is 11.7 Å². The van der Waals surface area contributed by atoms with E-state index in [1.807, 2.05) is 24.0 Å². The van der Waals surface area contributed by atoms with Gasteiger partial charge in [-0.3, -0.25) is 9.48 Å². The topological polar surface area (TPSA) is 71.2 Å². The summed E-state index contributed by atoms with van der Waals surface area (Å²) >= 11 is 0. The Labute approximate surface area is 148 Å². The Kier molecular flexibility index (Phi) is 4.90. The molecule has 1 aliphatic heterocycles. The first kappa shape index (κ1) is 17.6. The van der Waals surface area contributed by atoms with Crippen LogP contribution in [0.3, 0.4) is 0 Å². The van der Waals surface area contributed by atoms with Crippen LogP contribution in [0.4, 0.5) is 0 Å². The van der Waals surface area contributed by atoms with Crippen LogP contribution in [-0.4, -0.2) is 43.8 Å². The third kappa shape index (κ3) is 3.44. The predicted molar refractivity (Wildman–Crippen MR) is 94.9 cm³/mol. The maximum absolute atomic E-state index is 12.8. The maximum atomic E-state index is 12.8. The monoisotopic (exact) mass is 342 g/mol. The zero-order valence-electron chi connectivity index (χ0n) is 15.1. The van der Waals surface area contributed by atoms with Crippen LogP contribution in [0.1, 0.15) is 49.6 Å². The number of likely N-dealkylation sites (tertiary alicyclic amines) is 1. The van der Waals surface area contributed by atoms with Crippen molar-refractivity contribution in [3.05, 3.63) is 47.5 Å². The normalized spacial score (nSPS) is 18.2. The minimum absolute atomic E-state index is 0.115. The van der Waals surface area contributed by atoms with Crippen molar-refractivity contribution < 1.29 is 9.90 Å². The van der Waals surface area contributed by atoms with E-state index in [0.29, 0.717) is 31.8 Å². The van der Waals surface area contributed by atoms with Crippen molar-refractivity contribution in [1.82, 2.24) is 19.7 Å². The molecule has 1 amide bonds. The van der Waals surface area contributed by atoms with Gasteiger partial charge in [0.15, 0.2) is 5.82 Å². The van der Waals surface area contributed by atoms with Crippen LogP contribution >= 0.6 is 0 Å². The van der Waals surface area contributed by atoms with Crippen molar-refractivity contribution in [3.8, 4) is 0 Å². The summed E-state index contributed by atoms with van der Waals surface area (Å²) in [5.41, 5.74) is 1.31. The summed E-state index contributed by atoms with van der Waals surface area (Å²) in [4.78, 5) is 18.9. The summed E-state index contributed by atoms with van der Waals surface area (Å²) < 4.78 is 1.61. The van der Waals surface area contributed by atoms with E-state index in [1.165, 1.54) is 11.9 Å². The number of amides is 1. The Hall–Kier alpha value is -2.21. The lowest BCUT2D eigenvalue weighted by Crippen LogP contribution is -2.47. The molecule has 6 nitrogen and oxygen atoms in total. The van der Waals surface area contributed by atoms with Crippen molar-refractivity contribution in [1.29, 1.82) is 0 Å². The lowest BCUT2D eigenvalue weighted by Gasteiger charge is -2.38. The zero-order chi connectivity index (χ0) is 18.0. The Morgan fingerprint density at radius 2 is 1.92 bits per heavy atom. The number of aromatic nitrogens is 3. The van der Waals surface area contributed by atoms with Crippen LogP contribution in [0.15, 0.2) is 30.6 Å². The number of rotatable bonds is 4. The van der Waals surface area contributed by atoms with E-state index in [0.717, 1.165) is 12.0 Å². The van der Waals surface area contributed by atoms with Crippen molar-refractivity contribution in [2.45, 2.75) is 44.6 Å². The van der Waals surface area contributed by atoms with E-state index in [2.05, 4.69) is 29.1 Å². The van der Waals surface area contributed by atoms with Gasteiger partial charge in [0.25, 0.3) is 0 Å². The molecule has 0 bridgehead atoms. The summed E-state index contributed by atoms with van der Waals surface area (Å²) in [7, 11) is 1.78. The third-order valence-corrected chi connectivity index (χ3v) is 5.29. The quantitative estimate of drug-likeness (QED) is 0.922. The third-order valence-electron chi connectivity index (χ3n) is 5.29. The van der Waals surface area contributed by atoms with Crippen molar-refractivity contribution >= 4 is 5.91 Å². The molecule has 1 fully saturated rings. The molecule has 0 spiro atoms. The Morgan fingerprint density at radius 3 is 2.44 bits per heavy atom. The first-order valence-corrected chi connectivity index (χ1v) is 8.89. The number of aliphatic hydroxyl groups is 1. The number of benzene rings is 1. The number of piperidine rings is 1. The molecule has 1 unspecified atom stereocenters. The predicted octanol–water partition coefficient (Wildman–Crippen LogP) is 1.99. The molecule has 2 aromatic rings. The summed E-state index contributed by atoms with van der Waals surface area (Å²) in [5.74, 6) is 0.513. The molecule has 0 aliphatic carbocycles. The molecule has 0 radical (unpaired) electrons. The number of hydrogen-bond donors (Lipinski definition) is 1. The van der Waals surface area contributed by atoms with Gasteiger partial charge >= 0.3 is 0 Å². The van der Waals surface area contributed by atoms with Crippen LogP contribution in [-0.2, 0) is 23.9 Å². The molecule has 1 aliphatic rings. The Balaban J connectivity index is 1.65. The van der Waals surface area contributed by atoms with Crippen LogP contribution < -0.4 is 0 Å². The first-order chi connectivity index (χ1) is 11.9. The molecular weight excluding hydrogens is 316 g/mol. The average molecular weight is 342 g/mol. The van der Waals surface area contributed by atoms with Gasteiger partial charge in [-0.15, -0.1) is 0 Å². The lowest BCUT2D eigenvalue weighted by molar-refractivity contribution is -0.137. The number of hydrogen-bond acceptors (Lipinski definition) is 4. The van der Waals surface area contributed by atoms with E-state index in [4.69, 9.17) is 0 Å². The summed E-state index contributed by atoms with van der Waals surface area (Å²) in [6.45, 7) is 5.13. The molecule has 1 aromatic heterocycles.